The molecule has 8 nitrogen and oxygen atoms in total. The van der Waals surface area contributed by atoms with Crippen molar-refractivity contribution in [3.8, 4) is 0 Å². The molecule has 1 aliphatic rings. The van der Waals surface area contributed by atoms with Crippen LogP contribution in [0.3, 0.4) is 0 Å². The maximum Gasteiger partial charge on any atom is 0.271 e. The van der Waals surface area contributed by atoms with E-state index in [-0.39, 0.29) is 5.69 Å². The molecule has 8 heteroatoms. The molecule has 0 atom stereocenters. The highest BCUT2D eigenvalue weighted by atomic mass is 16.5. The van der Waals surface area contributed by atoms with Crippen molar-refractivity contribution in [2.75, 3.05) is 11.4 Å². The van der Waals surface area contributed by atoms with Crippen LogP contribution in [0.25, 0.3) is 11.0 Å². The Morgan fingerprint density at radius 3 is 3.19 bits per heavy atom. The van der Waals surface area contributed by atoms with Crippen LogP contribution in [0.2, 0.25) is 0 Å². The zero-order valence-electron chi connectivity index (χ0n) is 11.0. The molecule has 3 aromatic rings. The van der Waals surface area contributed by atoms with Gasteiger partial charge >= 0.3 is 0 Å². The number of aromatic nitrogens is 4. The summed E-state index contributed by atoms with van der Waals surface area (Å²) in [7, 11) is 0. The van der Waals surface area contributed by atoms with Crippen molar-refractivity contribution >= 4 is 22.8 Å². The van der Waals surface area contributed by atoms with E-state index in [4.69, 9.17) is 10.3 Å². The Balaban J connectivity index is 1.77. The fraction of sp³-hybridized carbons (Fsp3) is 0.231. The van der Waals surface area contributed by atoms with E-state index in [1.165, 1.54) is 6.33 Å². The molecule has 0 saturated heterocycles. The number of nitrogens with zero attached hydrogens (tertiary/aromatic N) is 4. The molecule has 3 N–H and O–H groups in total. The second-order valence-corrected chi connectivity index (χ2v) is 4.91. The summed E-state index contributed by atoms with van der Waals surface area (Å²) >= 11 is 0. The standard InChI is InChI=1S/C13H12N6O2/c14-11(20)10-8-5-19(4-2-9(8)21-18-10)13-7-1-3-15-12(7)16-6-17-13/h1,3,6H,2,4-5H2,(H2,14,20)(H,15,16,17). The van der Waals surface area contributed by atoms with Crippen LogP contribution < -0.4 is 10.6 Å². The smallest absolute Gasteiger partial charge is 0.271 e. The van der Waals surface area contributed by atoms with Crippen LogP contribution in [0, 0.1) is 0 Å². The summed E-state index contributed by atoms with van der Waals surface area (Å²) in [5.74, 6) is 0.972. The number of fused-ring (bicyclic) bond motifs is 2. The summed E-state index contributed by atoms with van der Waals surface area (Å²) in [6.45, 7) is 1.23. The van der Waals surface area contributed by atoms with Gasteiger partial charge in [0.25, 0.3) is 5.91 Å². The number of primary amides is 1. The second kappa shape index (κ2) is 4.30. The zero-order valence-corrected chi connectivity index (χ0v) is 11.0. The Hall–Kier alpha value is -2.90. The first-order valence-corrected chi connectivity index (χ1v) is 6.54. The Bertz CT molecular complexity index is 836. The van der Waals surface area contributed by atoms with E-state index in [1.54, 1.807) is 0 Å². The third kappa shape index (κ3) is 1.76. The van der Waals surface area contributed by atoms with E-state index in [2.05, 4.69) is 25.0 Å². The van der Waals surface area contributed by atoms with Crippen molar-refractivity contribution in [2.24, 2.45) is 5.73 Å². The summed E-state index contributed by atoms with van der Waals surface area (Å²) in [5.41, 5.74) is 7.06. The highest BCUT2D eigenvalue weighted by molar-refractivity contribution is 5.93. The van der Waals surface area contributed by atoms with E-state index < -0.39 is 5.91 Å². The first kappa shape index (κ1) is 11.9. The fourth-order valence-electron chi connectivity index (χ4n) is 2.69. The van der Waals surface area contributed by atoms with Gasteiger partial charge in [0, 0.05) is 24.7 Å². The molecule has 0 unspecified atom stereocenters. The quantitative estimate of drug-likeness (QED) is 0.712. The van der Waals surface area contributed by atoms with Gasteiger partial charge in [0.15, 0.2) is 5.69 Å². The van der Waals surface area contributed by atoms with Crippen LogP contribution in [0.5, 0.6) is 0 Å². The third-order valence-corrected chi connectivity index (χ3v) is 3.69. The van der Waals surface area contributed by atoms with Crippen LogP contribution in [0.15, 0.2) is 23.1 Å². The van der Waals surface area contributed by atoms with Crippen LogP contribution in [0.1, 0.15) is 21.8 Å². The number of anilines is 1. The molecule has 106 valence electrons. The minimum atomic E-state index is -0.573. The highest BCUT2D eigenvalue weighted by Gasteiger charge is 2.28. The molecular formula is C13H12N6O2. The third-order valence-electron chi connectivity index (χ3n) is 3.69. The van der Waals surface area contributed by atoms with E-state index in [0.29, 0.717) is 13.0 Å². The van der Waals surface area contributed by atoms with Crippen molar-refractivity contribution < 1.29 is 9.32 Å². The summed E-state index contributed by atoms with van der Waals surface area (Å²) in [5, 5.41) is 4.71. The lowest BCUT2D eigenvalue weighted by Crippen LogP contribution is -2.32. The number of carbonyl (C=O) groups excluding carboxylic acids is 1. The topological polar surface area (TPSA) is 114 Å². The van der Waals surface area contributed by atoms with Gasteiger partial charge in [-0.2, -0.15) is 0 Å². The van der Waals surface area contributed by atoms with Gasteiger partial charge in [0.2, 0.25) is 0 Å². The molecule has 0 aromatic carbocycles. The van der Waals surface area contributed by atoms with Crippen molar-refractivity contribution in [1.82, 2.24) is 20.1 Å². The minimum absolute atomic E-state index is 0.203. The summed E-state index contributed by atoms with van der Waals surface area (Å²) in [4.78, 5) is 25.1. The lowest BCUT2D eigenvalue weighted by atomic mass is 10.1. The predicted octanol–water partition coefficient (Wildman–Crippen LogP) is 0.607. The van der Waals surface area contributed by atoms with Crippen LogP contribution in [-0.4, -0.2) is 32.6 Å². The van der Waals surface area contributed by atoms with Crippen LogP contribution >= 0.6 is 0 Å². The largest absolute Gasteiger partial charge is 0.364 e. The molecule has 21 heavy (non-hydrogen) atoms. The van der Waals surface area contributed by atoms with E-state index in [0.717, 1.165) is 34.7 Å². The number of rotatable bonds is 2. The highest BCUT2D eigenvalue weighted by Crippen LogP contribution is 2.29. The Kier molecular flexibility index (Phi) is 2.44. The number of amides is 1. The summed E-state index contributed by atoms with van der Waals surface area (Å²) in [6, 6.07) is 1.93. The second-order valence-electron chi connectivity index (χ2n) is 4.91. The van der Waals surface area contributed by atoms with Crippen LogP contribution in [0.4, 0.5) is 5.82 Å². The van der Waals surface area contributed by atoms with E-state index >= 15 is 0 Å². The first-order chi connectivity index (χ1) is 10.2. The number of carbonyl (C=O) groups is 1. The average molecular weight is 284 g/mol. The molecule has 0 saturated carbocycles. The normalized spacial score (nSPS) is 14.4. The maximum atomic E-state index is 11.4. The van der Waals surface area contributed by atoms with Gasteiger partial charge in [-0.25, -0.2) is 9.97 Å². The van der Waals surface area contributed by atoms with Gasteiger partial charge in [0.05, 0.1) is 11.9 Å². The summed E-state index contributed by atoms with van der Waals surface area (Å²) in [6.07, 6.45) is 4.00. The summed E-state index contributed by atoms with van der Waals surface area (Å²) < 4.78 is 5.19. The molecular weight excluding hydrogens is 272 g/mol. The van der Waals surface area contributed by atoms with Gasteiger partial charge in [-0.15, -0.1) is 0 Å². The predicted molar refractivity (Wildman–Crippen MR) is 73.7 cm³/mol. The number of aromatic amines is 1. The first-order valence-electron chi connectivity index (χ1n) is 6.54. The monoisotopic (exact) mass is 284 g/mol. The number of H-pyrrole nitrogens is 1. The maximum absolute atomic E-state index is 11.4. The average Bonchev–Trinajstić information content (AvgIpc) is 3.12. The van der Waals surface area contributed by atoms with Crippen molar-refractivity contribution in [1.29, 1.82) is 0 Å². The van der Waals surface area contributed by atoms with Gasteiger partial charge in [-0.05, 0) is 6.07 Å². The molecule has 0 bridgehead atoms. The molecule has 4 rings (SSSR count). The SMILES string of the molecule is NC(=O)c1noc2c1CN(c1ncnc3[nH]ccc13)CC2. The molecule has 0 radical (unpaired) electrons. The lowest BCUT2D eigenvalue weighted by Gasteiger charge is -2.27. The molecule has 0 aliphatic carbocycles. The Labute approximate surface area is 118 Å². The van der Waals surface area contributed by atoms with Gasteiger partial charge in [-0.3, -0.25) is 4.79 Å². The molecule has 4 heterocycles. The van der Waals surface area contributed by atoms with E-state index in [1.807, 2.05) is 12.3 Å². The fourth-order valence-corrected chi connectivity index (χ4v) is 2.69. The van der Waals surface area contributed by atoms with Crippen molar-refractivity contribution in [3.05, 3.63) is 35.6 Å². The number of nitrogens with two attached hydrogens (primary N) is 1. The molecule has 0 fully saturated rings. The van der Waals surface area contributed by atoms with Gasteiger partial charge < -0.3 is 20.1 Å². The molecule has 3 aromatic heterocycles. The molecule has 1 aliphatic heterocycles. The van der Waals surface area contributed by atoms with Gasteiger partial charge in [0.1, 0.15) is 23.6 Å². The zero-order chi connectivity index (χ0) is 14.4. The number of hydrogen-bond acceptors (Lipinski definition) is 6. The Morgan fingerprint density at radius 2 is 2.33 bits per heavy atom. The Morgan fingerprint density at radius 1 is 1.43 bits per heavy atom. The number of hydrogen-bond donors (Lipinski definition) is 2. The van der Waals surface area contributed by atoms with E-state index in [9.17, 15) is 4.79 Å². The van der Waals surface area contributed by atoms with Crippen LogP contribution in [-0.2, 0) is 13.0 Å². The number of nitrogens with one attached hydrogen (secondary N) is 1. The van der Waals surface area contributed by atoms with Gasteiger partial charge in [-0.1, -0.05) is 5.16 Å². The minimum Gasteiger partial charge on any atom is -0.364 e. The molecule has 0 spiro atoms. The van der Waals surface area contributed by atoms with Crippen molar-refractivity contribution in [3.63, 3.8) is 0 Å². The lowest BCUT2D eigenvalue weighted by molar-refractivity contribution is 0.0991. The van der Waals surface area contributed by atoms with Crippen molar-refractivity contribution in [2.45, 2.75) is 13.0 Å². The molecule has 1 amide bonds.